The molecule has 0 aliphatic carbocycles. The molecule has 1 aromatic heterocycles. The first kappa shape index (κ1) is 15.8. The van der Waals surface area contributed by atoms with Crippen molar-refractivity contribution in [2.45, 2.75) is 12.6 Å². The Hall–Kier alpha value is -1.04. The van der Waals surface area contributed by atoms with Crippen LogP contribution >= 0.6 is 38.9 Å². The molecule has 0 nitrogen and oxygen atoms in total. The van der Waals surface area contributed by atoms with Gasteiger partial charge in [-0.25, -0.2) is 0 Å². The van der Waals surface area contributed by atoms with Crippen LogP contribution in [0.4, 0.5) is 13.2 Å². The van der Waals surface area contributed by atoms with Crippen LogP contribution in [-0.2, 0) is 12.6 Å². The second-order valence-corrected chi connectivity index (χ2v) is 7.37. The van der Waals surface area contributed by atoms with Gasteiger partial charge in [0.2, 0.25) is 0 Å². The molecule has 0 fully saturated rings. The quantitative estimate of drug-likeness (QED) is 0.434. The summed E-state index contributed by atoms with van der Waals surface area (Å²) in [5.41, 5.74) is 0.326. The van der Waals surface area contributed by atoms with Crippen LogP contribution in [0.25, 0.3) is 10.1 Å². The van der Waals surface area contributed by atoms with Crippen molar-refractivity contribution < 1.29 is 13.2 Å². The maximum absolute atomic E-state index is 12.7. The minimum atomic E-state index is -4.31. The van der Waals surface area contributed by atoms with E-state index in [1.807, 2.05) is 18.2 Å². The van der Waals surface area contributed by atoms with Crippen LogP contribution in [0.2, 0.25) is 5.02 Å². The molecule has 3 rings (SSSR count). The monoisotopic (exact) mass is 404 g/mol. The Morgan fingerprint density at radius 1 is 1.05 bits per heavy atom. The standard InChI is InChI=1S/C16H9BrClF3S/c17-12-3-4-14(18)10(5-12)7-13-6-9-1-2-11(16(19,20)21)8-15(9)22-13/h1-6,8H,7H2. The Morgan fingerprint density at radius 3 is 2.55 bits per heavy atom. The zero-order valence-electron chi connectivity index (χ0n) is 11.0. The Balaban J connectivity index is 1.97. The van der Waals surface area contributed by atoms with Crippen molar-refractivity contribution in [3.63, 3.8) is 0 Å². The summed E-state index contributed by atoms with van der Waals surface area (Å²) in [6.45, 7) is 0. The first-order valence-corrected chi connectivity index (χ1v) is 8.35. The van der Waals surface area contributed by atoms with Gasteiger partial charge in [-0.2, -0.15) is 13.2 Å². The van der Waals surface area contributed by atoms with E-state index in [0.29, 0.717) is 16.1 Å². The Kier molecular flexibility index (Phi) is 4.23. The van der Waals surface area contributed by atoms with Gasteiger partial charge in [0.1, 0.15) is 0 Å². The highest BCUT2D eigenvalue weighted by Crippen LogP contribution is 2.35. The van der Waals surface area contributed by atoms with E-state index in [0.717, 1.165) is 26.4 Å². The van der Waals surface area contributed by atoms with E-state index in [1.54, 1.807) is 6.07 Å². The fourth-order valence-corrected chi connectivity index (χ4v) is 3.94. The number of thiophene rings is 1. The number of hydrogen-bond donors (Lipinski definition) is 0. The van der Waals surface area contributed by atoms with E-state index in [2.05, 4.69) is 15.9 Å². The highest BCUT2D eigenvalue weighted by atomic mass is 79.9. The third-order valence-electron chi connectivity index (χ3n) is 3.27. The van der Waals surface area contributed by atoms with Gasteiger partial charge < -0.3 is 0 Å². The van der Waals surface area contributed by atoms with Crippen LogP contribution < -0.4 is 0 Å². The van der Waals surface area contributed by atoms with E-state index in [-0.39, 0.29) is 0 Å². The predicted octanol–water partition coefficient (Wildman–Crippen LogP) is 6.93. The van der Waals surface area contributed by atoms with E-state index < -0.39 is 11.7 Å². The lowest BCUT2D eigenvalue weighted by Crippen LogP contribution is -2.03. The number of rotatable bonds is 2. The van der Waals surface area contributed by atoms with Gasteiger partial charge in [0.05, 0.1) is 5.56 Å². The second-order valence-electron chi connectivity index (χ2n) is 4.88. The molecule has 114 valence electrons. The lowest BCUT2D eigenvalue weighted by Gasteiger charge is -2.05. The van der Waals surface area contributed by atoms with Crippen LogP contribution in [0, 0.1) is 0 Å². The summed E-state index contributed by atoms with van der Waals surface area (Å²) in [4.78, 5) is 0.981. The predicted molar refractivity (Wildman–Crippen MR) is 88.8 cm³/mol. The molecule has 0 amide bonds. The second kappa shape index (κ2) is 5.87. The van der Waals surface area contributed by atoms with Gasteiger partial charge in [0.25, 0.3) is 0 Å². The number of hydrogen-bond acceptors (Lipinski definition) is 1. The topological polar surface area (TPSA) is 0 Å². The lowest BCUT2D eigenvalue weighted by molar-refractivity contribution is -0.137. The molecule has 0 atom stereocenters. The van der Waals surface area contributed by atoms with Crippen LogP contribution in [0.3, 0.4) is 0 Å². The highest BCUT2D eigenvalue weighted by molar-refractivity contribution is 9.10. The zero-order valence-corrected chi connectivity index (χ0v) is 14.2. The summed E-state index contributed by atoms with van der Waals surface area (Å²) in [6.07, 6.45) is -3.72. The first-order valence-electron chi connectivity index (χ1n) is 6.36. The number of benzene rings is 2. The number of alkyl halides is 3. The lowest BCUT2D eigenvalue weighted by atomic mass is 10.1. The van der Waals surface area contributed by atoms with Crippen molar-refractivity contribution in [2.75, 3.05) is 0 Å². The van der Waals surface area contributed by atoms with Gasteiger partial charge in [-0.15, -0.1) is 11.3 Å². The fourth-order valence-electron chi connectivity index (χ4n) is 2.22. The first-order chi connectivity index (χ1) is 10.3. The van der Waals surface area contributed by atoms with Crippen LogP contribution in [0.1, 0.15) is 16.0 Å². The maximum Gasteiger partial charge on any atom is 0.416 e. The minimum Gasteiger partial charge on any atom is -0.166 e. The molecule has 22 heavy (non-hydrogen) atoms. The summed E-state index contributed by atoms with van der Waals surface area (Å²) in [6, 6.07) is 11.3. The molecule has 0 saturated carbocycles. The van der Waals surface area contributed by atoms with Crippen molar-refractivity contribution in [3.05, 3.63) is 68.0 Å². The summed E-state index contributed by atoms with van der Waals surface area (Å²) < 4.78 is 39.8. The van der Waals surface area contributed by atoms with E-state index >= 15 is 0 Å². The van der Waals surface area contributed by atoms with Gasteiger partial charge in [0, 0.05) is 25.5 Å². The average Bonchev–Trinajstić information content (AvgIpc) is 2.83. The molecule has 0 N–H and O–H groups in total. The average molecular weight is 406 g/mol. The highest BCUT2D eigenvalue weighted by Gasteiger charge is 2.30. The van der Waals surface area contributed by atoms with Crippen LogP contribution in [0.5, 0.6) is 0 Å². The normalized spacial score (nSPS) is 12.0. The summed E-state index contributed by atoms with van der Waals surface area (Å²) >= 11 is 10.9. The molecule has 0 unspecified atom stereocenters. The van der Waals surface area contributed by atoms with E-state index in [4.69, 9.17) is 11.6 Å². The molecular formula is C16H9BrClF3S. The smallest absolute Gasteiger partial charge is 0.166 e. The van der Waals surface area contributed by atoms with Gasteiger partial charge in [-0.3, -0.25) is 0 Å². The molecule has 0 bridgehead atoms. The number of fused-ring (bicyclic) bond motifs is 1. The summed E-state index contributed by atoms with van der Waals surface area (Å²) in [5, 5.41) is 1.47. The molecule has 0 radical (unpaired) electrons. The van der Waals surface area contributed by atoms with Gasteiger partial charge >= 0.3 is 6.18 Å². The van der Waals surface area contributed by atoms with Crippen molar-refractivity contribution in [1.29, 1.82) is 0 Å². The molecule has 0 aliphatic heterocycles. The van der Waals surface area contributed by atoms with Crippen molar-refractivity contribution >= 4 is 49.0 Å². The summed E-state index contributed by atoms with van der Waals surface area (Å²) in [5.74, 6) is 0. The summed E-state index contributed by atoms with van der Waals surface area (Å²) in [7, 11) is 0. The third-order valence-corrected chi connectivity index (χ3v) is 5.23. The molecule has 0 aliphatic rings. The van der Waals surface area contributed by atoms with Crippen molar-refractivity contribution in [1.82, 2.24) is 0 Å². The molecule has 0 saturated heterocycles. The number of halogens is 5. The Bertz CT molecular complexity index is 839. The van der Waals surface area contributed by atoms with Gasteiger partial charge in [-0.1, -0.05) is 33.6 Å². The van der Waals surface area contributed by atoms with Crippen molar-refractivity contribution in [2.24, 2.45) is 0 Å². The third kappa shape index (κ3) is 3.31. The molecule has 2 aromatic carbocycles. The van der Waals surface area contributed by atoms with Gasteiger partial charge in [0.15, 0.2) is 0 Å². The molecule has 0 spiro atoms. The van der Waals surface area contributed by atoms with E-state index in [9.17, 15) is 13.2 Å². The molecular weight excluding hydrogens is 397 g/mol. The molecule has 3 aromatic rings. The molecule has 6 heteroatoms. The van der Waals surface area contributed by atoms with Crippen molar-refractivity contribution in [3.8, 4) is 0 Å². The zero-order chi connectivity index (χ0) is 15.9. The SMILES string of the molecule is FC(F)(F)c1ccc2cc(Cc3cc(Br)ccc3Cl)sc2c1. The largest absolute Gasteiger partial charge is 0.416 e. The Morgan fingerprint density at radius 2 is 1.82 bits per heavy atom. The van der Waals surface area contributed by atoms with Crippen LogP contribution in [0.15, 0.2) is 46.9 Å². The Labute approximate surface area is 142 Å². The fraction of sp³-hybridized carbons (Fsp3) is 0.125. The molecule has 1 heterocycles. The maximum atomic E-state index is 12.7. The minimum absolute atomic E-state index is 0.596. The van der Waals surface area contributed by atoms with Gasteiger partial charge in [-0.05, 0) is 47.3 Å². The van der Waals surface area contributed by atoms with E-state index in [1.165, 1.54) is 23.5 Å². The van der Waals surface area contributed by atoms with Crippen LogP contribution in [-0.4, -0.2) is 0 Å².